The van der Waals surface area contributed by atoms with Gasteiger partial charge in [-0.05, 0) is 46.8 Å². The van der Waals surface area contributed by atoms with Crippen LogP contribution in [0.3, 0.4) is 0 Å². The summed E-state index contributed by atoms with van der Waals surface area (Å²) in [5, 5.41) is 2.44. The molecule has 0 amide bonds. The van der Waals surface area contributed by atoms with Crippen molar-refractivity contribution in [2.24, 2.45) is 0 Å². The van der Waals surface area contributed by atoms with Crippen molar-refractivity contribution in [2.75, 3.05) is 0 Å². The van der Waals surface area contributed by atoms with Crippen molar-refractivity contribution in [1.29, 1.82) is 0 Å². The SMILES string of the molecule is CC(C)c1ccc(Cn2ccc3c4c(Cl)nc(Cl)nc4ccc32)cc1. The van der Waals surface area contributed by atoms with Gasteiger partial charge >= 0.3 is 0 Å². The zero-order valence-corrected chi connectivity index (χ0v) is 15.5. The average molecular weight is 370 g/mol. The van der Waals surface area contributed by atoms with Crippen LogP contribution in [0.15, 0.2) is 48.7 Å². The van der Waals surface area contributed by atoms with E-state index in [2.05, 4.69) is 71.0 Å². The van der Waals surface area contributed by atoms with E-state index in [1.54, 1.807) is 0 Å². The highest BCUT2D eigenvalue weighted by atomic mass is 35.5. The van der Waals surface area contributed by atoms with Crippen LogP contribution in [0.25, 0.3) is 21.8 Å². The van der Waals surface area contributed by atoms with Gasteiger partial charge in [0.1, 0.15) is 5.15 Å². The molecule has 0 fully saturated rings. The minimum atomic E-state index is 0.168. The number of fused-ring (bicyclic) bond motifs is 3. The van der Waals surface area contributed by atoms with Crippen LogP contribution in [-0.2, 0) is 6.54 Å². The summed E-state index contributed by atoms with van der Waals surface area (Å²) in [6.45, 7) is 5.22. The standard InChI is InChI=1S/C20H17Cl2N3/c1-12(2)14-5-3-13(4-6-14)11-25-10-9-15-17(25)8-7-16-18(15)19(21)24-20(22)23-16/h3-10,12H,11H2,1-2H3. The number of nitrogens with zero attached hydrogens (tertiary/aromatic N) is 3. The zero-order chi connectivity index (χ0) is 17.6. The summed E-state index contributed by atoms with van der Waals surface area (Å²) in [5.74, 6) is 0.543. The maximum Gasteiger partial charge on any atom is 0.224 e. The van der Waals surface area contributed by atoms with E-state index in [1.165, 1.54) is 11.1 Å². The highest BCUT2D eigenvalue weighted by Gasteiger charge is 2.11. The smallest absolute Gasteiger partial charge is 0.224 e. The van der Waals surface area contributed by atoms with Crippen LogP contribution in [0.5, 0.6) is 0 Å². The van der Waals surface area contributed by atoms with Crippen LogP contribution < -0.4 is 0 Å². The largest absolute Gasteiger partial charge is 0.343 e. The van der Waals surface area contributed by atoms with E-state index in [-0.39, 0.29) is 5.28 Å². The van der Waals surface area contributed by atoms with Gasteiger partial charge in [0.2, 0.25) is 5.28 Å². The molecule has 5 heteroatoms. The van der Waals surface area contributed by atoms with Gasteiger partial charge in [-0.1, -0.05) is 49.7 Å². The third-order valence-electron chi connectivity index (χ3n) is 4.54. The van der Waals surface area contributed by atoms with Gasteiger partial charge in [-0.3, -0.25) is 0 Å². The lowest BCUT2D eigenvalue weighted by molar-refractivity contribution is 0.829. The molecule has 0 N–H and O–H groups in total. The number of aromatic nitrogens is 3. The van der Waals surface area contributed by atoms with Gasteiger partial charge in [-0.15, -0.1) is 0 Å². The van der Waals surface area contributed by atoms with Crippen molar-refractivity contribution in [3.05, 3.63) is 70.2 Å². The Bertz CT molecular complexity index is 1070. The van der Waals surface area contributed by atoms with E-state index in [1.807, 2.05) is 6.07 Å². The van der Waals surface area contributed by atoms with Crippen molar-refractivity contribution in [1.82, 2.24) is 14.5 Å². The molecule has 0 saturated heterocycles. The van der Waals surface area contributed by atoms with E-state index in [4.69, 9.17) is 23.2 Å². The molecule has 0 aliphatic heterocycles. The number of benzene rings is 2. The molecule has 3 nitrogen and oxygen atoms in total. The van der Waals surface area contributed by atoms with Crippen molar-refractivity contribution in [3.8, 4) is 0 Å². The molecule has 4 rings (SSSR count). The number of halogens is 2. The second kappa shape index (κ2) is 6.32. The van der Waals surface area contributed by atoms with E-state index in [0.717, 1.165) is 28.4 Å². The fourth-order valence-electron chi connectivity index (χ4n) is 3.17. The summed E-state index contributed by atoms with van der Waals surface area (Å²) < 4.78 is 2.21. The molecule has 2 aromatic heterocycles. The molecule has 25 heavy (non-hydrogen) atoms. The maximum atomic E-state index is 6.31. The summed E-state index contributed by atoms with van der Waals surface area (Å²) in [6, 6.07) is 14.8. The monoisotopic (exact) mass is 369 g/mol. The van der Waals surface area contributed by atoms with Crippen molar-refractivity contribution in [3.63, 3.8) is 0 Å². The first kappa shape index (κ1) is 16.4. The van der Waals surface area contributed by atoms with Gasteiger partial charge in [-0.2, -0.15) is 0 Å². The van der Waals surface area contributed by atoms with Crippen LogP contribution in [0.1, 0.15) is 30.9 Å². The molecule has 0 bridgehead atoms. The Balaban J connectivity index is 1.77. The Labute approximate surface area is 156 Å². The lowest BCUT2D eigenvalue weighted by Gasteiger charge is -2.09. The summed E-state index contributed by atoms with van der Waals surface area (Å²) in [6.07, 6.45) is 2.07. The van der Waals surface area contributed by atoms with Crippen molar-refractivity contribution >= 4 is 45.0 Å². The first-order chi connectivity index (χ1) is 12.0. The normalized spacial score (nSPS) is 11.7. The van der Waals surface area contributed by atoms with Gasteiger partial charge in [0.05, 0.1) is 5.52 Å². The lowest BCUT2D eigenvalue weighted by atomic mass is 10.0. The number of hydrogen-bond acceptors (Lipinski definition) is 2. The quantitative estimate of drug-likeness (QED) is 0.324. The molecule has 0 unspecified atom stereocenters. The van der Waals surface area contributed by atoms with Gasteiger partial charge in [0, 0.05) is 29.0 Å². The minimum Gasteiger partial charge on any atom is -0.343 e. The number of hydrogen-bond donors (Lipinski definition) is 0. The average Bonchev–Trinajstić information content (AvgIpc) is 2.97. The molecule has 0 radical (unpaired) electrons. The van der Waals surface area contributed by atoms with Gasteiger partial charge in [-0.25, -0.2) is 9.97 Å². The van der Waals surface area contributed by atoms with Gasteiger partial charge in [0.15, 0.2) is 0 Å². The van der Waals surface area contributed by atoms with Gasteiger partial charge in [0.25, 0.3) is 0 Å². The molecule has 2 aromatic carbocycles. The fraction of sp³-hybridized carbons (Fsp3) is 0.200. The topological polar surface area (TPSA) is 30.7 Å². The van der Waals surface area contributed by atoms with E-state index >= 15 is 0 Å². The molecule has 126 valence electrons. The Kier molecular flexibility index (Phi) is 4.14. The first-order valence-corrected chi connectivity index (χ1v) is 8.98. The summed E-state index contributed by atoms with van der Waals surface area (Å²) >= 11 is 12.2. The fourth-order valence-corrected chi connectivity index (χ4v) is 3.67. The Hall–Kier alpha value is -2.10. The predicted molar refractivity (Wildman–Crippen MR) is 105 cm³/mol. The molecular weight excluding hydrogens is 353 g/mol. The Morgan fingerprint density at radius 3 is 2.44 bits per heavy atom. The lowest BCUT2D eigenvalue weighted by Crippen LogP contribution is -1.98. The van der Waals surface area contributed by atoms with Crippen LogP contribution >= 0.6 is 23.2 Å². The van der Waals surface area contributed by atoms with Crippen LogP contribution in [0.4, 0.5) is 0 Å². The molecule has 0 saturated carbocycles. The maximum absolute atomic E-state index is 6.31. The third-order valence-corrected chi connectivity index (χ3v) is 4.98. The second-order valence-corrected chi connectivity index (χ2v) is 7.21. The highest BCUT2D eigenvalue weighted by molar-refractivity contribution is 6.37. The zero-order valence-electron chi connectivity index (χ0n) is 14.0. The first-order valence-electron chi connectivity index (χ1n) is 8.22. The molecule has 2 heterocycles. The Morgan fingerprint density at radius 2 is 1.72 bits per heavy atom. The van der Waals surface area contributed by atoms with Crippen molar-refractivity contribution in [2.45, 2.75) is 26.3 Å². The molecular formula is C20H17Cl2N3. The third kappa shape index (κ3) is 2.99. The van der Waals surface area contributed by atoms with Crippen LogP contribution in [-0.4, -0.2) is 14.5 Å². The molecule has 0 spiro atoms. The molecule has 0 aliphatic rings. The van der Waals surface area contributed by atoms with Crippen LogP contribution in [0, 0.1) is 0 Å². The Morgan fingerprint density at radius 1 is 0.960 bits per heavy atom. The van der Waals surface area contributed by atoms with E-state index in [0.29, 0.717) is 11.1 Å². The van der Waals surface area contributed by atoms with E-state index < -0.39 is 0 Å². The summed E-state index contributed by atoms with van der Waals surface area (Å²) in [4.78, 5) is 8.35. The molecule has 0 atom stereocenters. The molecule has 4 aromatic rings. The van der Waals surface area contributed by atoms with Crippen molar-refractivity contribution < 1.29 is 0 Å². The second-order valence-electron chi connectivity index (χ2n) is 6.52. The van der Waals surface area contributed by atoms with Gasteiger partial charge < -0.3 is 4.57 Å². The molecule has 0 aliphatic carbocycles. The highest BCUT2D eigenvalue weighted by Crippen LogP contribution is 2.31. The van der Waals surface area contributed by atoms with Crippen LogP contribution in [0.2, 0.25) is 10.4 Å². The number of rotatable bonds is 3. The predicted octanol–water partition coefficient (Wildman–Crippen LogP) is 6.06. The minimum absolute atomic E-state index is 0.168. The summed E-state index contributed by atoms with van der Waals surface area (Å²) in [7, 11) is 0. The van der Waals surface area contributed by atoms with E-state index in [9.17, 15) is 0 Å². The summed E-state index contributed by atoms with van der Waals surface area (Å²) in [5.41, 5.74) is 4.48.